The predicted octanol–water partition coefficient (Wildman–Crippen LogP) is 5.68. The normalized spacial score (nSPS) is 10.8. The standard InChI is InChI=1S/C18H12Cl3NO2/c1-9-2-4-10(5-3-9)12-8-15(22-18(24)16(12)21)13-6-11(19)7-14(20)17(13)23/h2-8,23H,1H3,(H,22,24). The van der Waals surface area contributed by atoms with Crippen LogP contribution in [0.25, 0.3) is 22.4 Å². The molecule has 3 rings (SSSR count). The van der Waals surface area contributed by atoms with E-state index in [1.54, 1.807) is 6.07 Å². The van der Waals surface area contributed by atoms with E-state index in [-0.39, 0.29) is 15.8 Å². The van der Waals surface area contributed by atoms with Gasteiger partial charge in [0.05, 0.1) is 10.7 Å². The topological polar surface area (TPSA) is 53.1 Å². The van der Waals surface area contributed by atoms with Gasteiger partial charge in [0.2, 0.25) is 0 Å². The molecule has 1 heterocycles. The molecule has 0 aliphatic heterocycles. The molecular formula is C18H12Cl3NO2. The third kappa shape index (κ3) is 3.16. The second-order valence-electron chi connectivity index (χ2n) is 5.39. The number of rotatable bonds is 2. The molecule has 0 aliphatic rings. The first-order valence-corrected chi connectivity index (χ1v) is 8.18. The molecular weight excluding hydrogens is 369 g/mol. The Bertz CT molecular complexity index is 979. The SMILES string of the molecule is Cc1ccc(-c2cc(-c3cc(Cl)cc(Cl)c3O)[nH]c(=O)c2Cl)cc1. The lowest BCUT2D eigenvalue weighted by atomic mass is 10.0. The summed E-state index contributed by atoms with van der Waals surface area (Å²) in [6.07, 6.45) is 0. The molecule has 0 amide bonds. The predicted molar refractivity (Wildman–Crippen MR) is 99.4 cm³/mol. The van der Waals surface area contributed by atoms with Crippen molar-refractivity contribution >= 4 is 34.8 Å². The monoisotopic (exact) mass is 379 g/mol. The van der Waals surface area contributed by atoms with E-state index in [0.717, 1.165) is 11.1 Å². The van der Waals surface area contributed by atoms with Crippen molar-refractivity contribution in [3.63, 3.8) is 0 Å². The molecule has 24 heavy (non-hydrogen) atoms. The number of pyridine rings is 1. The van der Waals surface area contributed by atoms with Crippen molar-refractivity contribution in [1.29, 1.82) is 0 Å². The number of hydrogen-bond acceptors (Lipinski definition) is 2. The van der Waals surface area contributed by atoms with Crippen LogP contribution < -0.4 is 5.56 Å². The second kappa shape index (κ2) is 6.52. The molecule has 1 aromatic heterocycles. The lowest BCUT2D eigenvalue weighted by Crippen LogP contribution is -2.09. The molecule has 0 unspecified atom stereocenters. The maximum absolute atomic E-state index is 12.2. The van der Waals surface area contributed by atoms with Gasteiger partial charge in [-0.3, -0.25) is 4.79 Å². The van der Waals surface area contributed by atoms with Crippen LogP contribution in [0.5, 0.6) is 5.75 Å². The summed E-state index contributed by atoms with van der Waals surface area (Å²) >= 11 is 18.1. The van der Waals surface area contributed by atoms with Gasteiger partial charge in [0, 0.05) is 16.1 Å². The van der Waals surface area contributed by atoms with Crippen LogP contribution >= 0.6 is 34.8 Å². The number of phenolic OH excluding ortho intramolecular Hbond substituents is 1. The zero-order chi connectivity index (χ0) is 17.4. The maximum atomic E-state index is 12.2. The van der Waals surface area contributed by atoms with E-state index < -0.39 is 5.56 Å². The largest absolute Gasteiger partial charge is 0.506 e. The summed E-state index contributed by atoms with van der Waals surface area (Å²) < 4.78 is 0. The van der Waals surface area contributed by atoms with Crippen LogP contribution in [-0.2, 0) is 0 Å². The fourth-order valence-electron chi connectivity index (χ4n) is 2.40. The quantitative estimate of drug-likeness (QED) is 0.600. The van der Waals surface area contributed by atoms with E-state index in [2.05, 4.69) is 4.98 Å². The molecule has 2 N–H and O–H groups in total. The smallest absolute Gasteiger partial charge is 0.267 e. The number of phenols is 1. The highest BCUT2D eigenvalue weighted by molar-refractivity contribution is 6.36. The molecule has 0 aliphatic carbocycles. The van der Waals surface area contributed by atoms with E-state index in [0.29, 0.717) is 21.8 Å². The Morgan fingerprint density at radius 3 is 2.29 bits per heavy atom. The number of aryl methyl sites for hydroxylation is 1. The van der Waals surface area contributed by atoms with E-state index in [4.69, 9.17) is 34.8 Å². The van der Waals surface area contributed by atoms with Gasteiger partial charge in [-0.1, -0.05) is 64.6 Å². The van der Waals surface area contributed by atoms with Gasteiger partial charge in [-0.15, -0.1) is 0 Å². The van der Waals surface area contributed by atoms with Gasteiger partial charge in [0.25, 0.3) is 5.56 Å². The van der Waals surface area contributed by atoms with Crippen molar-refractivity contribution in [2.75, 3.05) is 0 Å². The van der Waals surface area contributed by atoms with Gasteiger partial charge in [0.15, 0.2) is 0 Å². The van der Waals surface area contributed by atoms with Crippen LogP contribution in [-0.4, -0.2) is 10.1 Å². The fourth-order valence-corrected chi connectivity index (χ4v) is 3.11. The number of H-pyrrole nitrogens is 1. The summed E-state index contributed by atoms with van der Waals surface area (Å²) in [6, 6.07) is 12.3. The van der Waals surface area contributed by atoms with Crippen LogP contribution in [0.15, 0.2) is 47.3 Å². The third-order valence-corrected chi connectivity index (χ3v) is 4.54. The highest BCUT2D eigenvalue weighted by atomic mass is 35.5. The highest BCUT2D eigenvalue weighted by Crippen LogP contribution is 2.38. The Balaban J connectivity index is 2.25. The van der Waals surface area contributed by atoms with E-state index in [1.165, 1.54) is 12.1 Å². The van der Waals surface area contributed by atoms with E-state index >= 15 is 0 Å². The molecule has 0 saturated heterocycles. The van der Waals surface area contributed by atoms with Crippen LogP contribution in [0, 0.1) is 6.92 Å². The Morgan fingerprint density at radius 1 is 0.958 bits per heavy atom. The zero-order valence-electron chi connectivity index (χ0n) is 12.5. The summed E-state index contributed by atoms with van der Waals surface area (Å²) in [4.78, 5) is 14.9. The second-order valence-corrected chi connectivity index (χ2v) is 6.61. The number of halogens is 3. The van der Waals surface area contributed by atoms with Gasteiger partial charge in [-0.25, -0.2) is 0 Å². The molecule has 0 radical (unpaired) electrons. The summed E-state index contributed by atoms with van der Waals surface area (Å²) in [7, 11) is 0. The molecule has 0 spiro atoms. The fraction of sp³-hybridized carbons (Fsp3) is 0.0556. The van der Waals surface area contributed by atoms with Crippen molar-refractivity contribution in [2.45, 2.75) is 6.92 Å². The number of benzene rings is 2. The van der Waals surface area contributed by atoms with E-state index in [1.807, 2.05) is 31.2 Å². The first-order chi connectivity index (χ1) is 11.4. The van der Waals surface area contributed by atoms with Crippen LogP contribution in [0.2, 0.25) is 15.1 Å². The van der Waals surface area contributed by atoms with Gasteiger partial charge < -0.3 is 10.1 Å². The Morgan fingerprint density at radius 2 is 1.62 bits per heavy atom. The minimum absolute atomic E-state index is 0.0789. The number of nitrogens with one attached hydrogen (secondary N) is 1. The minimum atomic E-state index is -0.458. The maximum Gasteiger partial charge on any atom is 0.267 e. The van der Waals surface area contributed by atoms with Crippen molar-refractivity contribution in [3.8, 4) is 28.1 Å². The average Bonchev–Trinajstić information content (AvgIpc) is 2.54. The summed E-state index contributed by atoms with van der Waals surface area (Å²) in [6.45, 7) is 1.97. The summed E-state index contributed by atoms with van der Waals surface area (Å²) in [5.74, 6) is -0.158. The number of hydrogen-bond donors (Lipinski definition) is 2. The molecule has 0 fully saturated rings. The molecule has 6 heteroatoms. The Kier molecular flexibility index (Phi) is 4.59. The lowest BCUT2D eigenvalue weighted by Gasteiger charge is -2.11. The van der Waals surface area contributed by atoms with E-state index in [9.17, 15) is 9.90 Å². The Hall–Kier alpha value is -1.94. The highest BCUT2D eigenvalue weighted by Gasteiger charge is 2.15. The average molecular weight is 381 g/mol. The third-order valence-electron chi connectivity index (χ3n) is 3.65. The molecule has 0 atom stereocenters. The molecule has 2 aromatic carbocycles. The molecule has 0 bridgehead atoms. The first-order valence-electron chi connectivity index (χ1n) is 7.05. The molecule has 3 nitrogen and oxygen atoms in total. The molecule has 0 saturated carbocycles. The minimum Gasteiger partial charge on any atom is -0.506 e. The van der Waals surface area contributed by atoms with Crippen LogP contribution in [0.3, 0.4) is 0 Å². The summed E-state index contributed by atoms with van der Waals surface area (Å²) in [5, 5.41) is 10.7. The molecule has 122 valence electrons. The van der Waals surface area contributed by atoms with Crippen molar-refractivity contribution in [2.24, 2.45) is 0 Å². The first kappa shape index (κ1) is 16.9. The van der Waals surface area contributed by atoms with Crippen molar-refractivity contribution in [3.05, 3.63) is 73.4 Å². The van der Waals surface area contributed by atoms with Crippen molar-refractivity contribution in [1.82, 2.24) is 4.98 Å². The van der Waals surface area contributed by atoms with Gasteiger partial charge in [-0.05, 0) is 30.7 Å². The van der Waals surface area contributed by atoms with Crippen LogP contribution in [0.1, 0.15) is 5.56 Å². The van der Waals surface area contributed by atoms with Gasteiger partial charge in [0.1, 0.15) is 10.8 Å². The van der Waals surface area contributed by atoms with Crippen molar-refractivity contribution < 1.29 is 5.11 Å². The zero-order valence-corrected chi connectivity index (χ0v) is 14.8. The summed E-state index contributed by atoms with van der Waals surface area (Å²) in [5.41, 5.74) is 2.70. The number of aromatic hydroxyl groups is 1. The van der Waals surface area contributed by atoms with Crippen LogP contribution in [0.4, 0.5) is 0 Å². The van der Waals surface area contributed by atoms with Gasteiger partial charge in [-0.2, -0.15) is 0 Å². The van der Waals surface area contributed by atoms with Gasteiger partial charge >= 0.3 is 0 Å². The lowest BCUT2D eigenvalue weighted by molar-refractivity contribution is 0.477. The Labute approximate surface area is 153 Å². The number of aromatic amines is 1. The molecule has 3 aromatic rings. The number of aromatic nitrogens is 1.